The molecular weight excluding hydrogens is 302 g/mol. The van der Waals surface area contributed by atoms with Crippen LogP contribution in [-0.2, 0) is 10.0 Å². The van der Waals surface area contributed by atoms with E-state index < -0.39 is 10.0 Å². The number of β-amino-alcohol motifs (C(OH)–C–C–N with tert-alkyl or cyclic N) is 1. The van der Waals surface area contributed by atoms with Gasteiger partial charge in [0.2, 0.25) is 10.0 Å². The molecule has 0 bridgehead atoms. The maximum absolute atomic E-state index is 12.1. The molecule has 122 valence electrons. The topological polar surface area (TPSA) is 82.5 Å². The lowest BCUT2D eigenvalue weighted by atomic mass is 9.96. The van der Waals surface area contributed by atoms with Crippen LogP contribution in [0.1, 0.15) is 26.2 Å². The highest BCUT2D eigenvalue weighted by atomic mass is 32.2. The van der Waals surface area contributed by atoms with E-state index in [1.54, 1.807) is 12.1 Å². The second-order valence-corrected chi connectivity index (χ2v) is 8.19. The van der Waals surface area contributed by atoms with Crippen molar-refractivity contribution in [2.45, 2.75) is 37.2 Å². The van der Waals surface area contributed by atoms with Gasteiger partial charge < -0.3 is 10.0 Å². The minimum absolute atomic E-state index is 0.197. The third kappa shape index (κ3) is 3.59. The summed E-state index contributed by atoms with van der Waals surface area (Å²) in [5, 5.41) is 9.95. The van der Waals surface area contributed by atoms with Gasteiger partial charge in [0, 0.05) is 25.8 Å². The summed E-state index contributed by atoms with van der Waals surface area (Å²) < 4.78 is 26.9. The Balaban J connectivity index is 1.66. The van der Waals surface area contributed by atoms with Crippen molar-refractivity contribution < 1.29 is 13.5 Å². The first kappa shape index (κ1) is 15.7. The standard InChI is InChI=1S/C15H23N3O3S/c1-11-6-7-18(10-14(11)19)15-5-4-13(9-16-15)22(20,21)17-8-12-2-3-12/h4-5,9,11-12,14,17,19H,2-3,6-8,10H2,1H3. The van der Waals surface area contributed by atoms with E-state index in [-0.39, 0.29) is 11.0 Å². The predicted molar refractivity (Wildman–Crippen MR) is 84.2 cm³/mol. The molecule has 3 rings (SSSR count). The Kier molecular flexibility index (Phi) is 4.38. The van der Waals surface area contributed by atoms with Crippen LogP contribution in [-0.4, -0.2) is 44.2 Å². The number of sulfonamides is 1. The van der Waals surface area contributed by atoms with E-state index >= 15 is 0 Å². The van der Waals surface area contributed by atoms with Crippen LogP contribution in [0.4, 0.5) is 5.82 Å². The van der Waals surface area contributed by atoms with Gasteiger partial charge in [-0.05, 0) is 43.2 Å². The molecule has 2 atom stereocenters. The molecule has 1 aromatic rings. The van der Waals surface area contributed by atoms with Crippen LogP contribution < -0.4 is 9.62 Å². The number of rotatable bonds is 5. The Bertz CT molecular complexity index is 613. The van der Waals surface area contributed by atoms with Crippen LogP contribution in [0, 0.1) is 11.8 Å². The van der Waals surface area contributed by atoms with Crippen LogP contribution in [0.15, 0.2) is 23.2 Å². The summed E-state index contributed by atoms with van der Waals surface area (Å²) in [6.45, 7) is 3.92. The molecule has 7 heteroatoms. The van der Waals surface area contributed by atoms with Crippen LogP contribution >= 0.6 is 0 Å². The summed E-state index contributed by atoms with van der Waals surface area (Å²) in [5.41, 5.74) is 0. The van der Waals surface area contributed by atoms with E-state index in [4.69, 9.17) is 0 Å². The summed E-state index contributed by atoms with van der Waals surface area (Å²) in [4.78, 5) is 6.46. The van der Waals surface area contributed by atoms with Crippen molar-refractivity contribution >= 4 is 15.8 Å². The fourth-order valence-electron chi connectivity index (χ4n) is 2.61. The average molecular weight is 325 g/mol. The number of aliphatic hydroxyl groups is 1. The second-order valence-electron chi connectivity index (χ2n) is 6.43. The van der Waals surface area contributed by atoms with Crippen molar-refractivity contribution in [1.82, 2.24) is 9.71 Å². The van der Waals surface area contributed by atoms with Gasteiger partial charge in [-0.25, -0.2) is 18.1 Å². The van der Waals surface area contributed by atoms with E-state index in [9.17, 15) is 13.5 Å². The molecule has 0 amide bonds. The van der Waals surface area contributed by atoms with Gasteiger partial charge in [0.05, 0.1) is 6.10 Å². The van der Waals surface area contributed by atoms with Gasteiger partial charge in [0.15, 0.2) is 0 Å². The maximum Gasteiger partial charge on any atom is 0.242 e. The lowest BCUT2D eigenvalue weighted by Gasteiger charge is -2.35. The monoisotopic (exact) mass is 325 g/mol. The van der Waals surface area contributed by atoms with Gasteiger partial charge in [-0.15, -0.1) is 0 Å². The Hall–Kier alpha value is -1.18. The Morgan fingerprint density at radius 2 is 2.14 bits per heavy atom. The van der Waals surface area contributed by atoms with Crippen molar-refractivity contribution in [3.63, 3.8) is 0 Å². The molecule has 2 unspecified atom stereocenters. The third-order valence-corrected chi connectivity index (χ3v) is 5.94. The summed E-state index contributed by atoms with van der Waals surface area (Å²) in [7, 11) is -3.46. The highest BCUT2D eigenvalue weighted by molar-refractivity contribution is 7.89. The van der Waals surface area contributed by atoms with Crippen molar-refractivity contribution in [2.24, 2.45) is 11.8 Å². The van der Waals surface area contributed by atoms with Gasteiger partial charge in [-0.1, -0.05) is 6.92 Å². The van der Waals surface area contributed by atoms with Crippen molar-refractivity contribution in [1.29, 1.82) is 0 Å². The number of aromatic nitrogens is 1. The zero-order chi connectivity index (χ0) is 15.7. The number of piperidine rings is 1. The molecule has 2 aliphatic rings. The van der Waals surface area contributed by atoms with Gasteiger partial charge in [0.1, 0.15) is 10.7 Å². The summed E-state index contributed by atoms with van der Waals surface area (Å²) in [6, 6.07) is 3.30. The molecule has 1 saturated heterocycles. The highest BCUT2D eigenvalue weighted by Crippen LogP contribution is 2.28. The number of aliphatic hydroxyl groups excluding tert-OH is 1. The SMILES string of the molecule is CC1CCN(c2ccc(S(=O)(=O)NCC3CC3)cn2)CC1O. The quantitative estimate of drug-likeness (QED) is 0.843. The number of nitrogens with zero attached hydrogens (tertiary/aromatic N) is 2. The molecule has 2 N–H and O–H groups in total. The van der Waals surface area contributed by atoms with E-state index in [1.165, 1.54) is 6.20 Å². The van der Waals surface area contributed by atoms with Gasteiger partial charge >= 0.3 is 0 Å². The Labute approximate surface area is 131 Å². The molecule has 1 saturated carbocycles. The molecule has 1 aliphatic carbocycles. The molecule has 1 aliphatic heterocycles. The first-order valence-electron chi connectivity index (χ1n) is 7.84. The number of nitrogens with one attached hydrogen (secondary N) is 1. The highest BCUT2D eigenvalue weighted by Gasteiger charge is 2.26. The smallest absolute Gasteiger partial charge is 0.242 e. The number of pyridine rings is 1. The second kappa shape index (κ2) is 6.14. The summed E-state index contributed by atoms with van der Waals surface area (Å²) in [5.74, 6) is 1.51. The molecular formula is C15H23N3O3S. The third-order valence-electron chi connectivity index (χ3n) is 4.53. The minimum atomic E-state index is -3.46. The summed E-state index contributed by atoms with van der Waals surface area (Å²) >= 11 is 0. The van der Waals surface area contributed by atoms with Crippen molar-refractivity contribution in [3.8, 4) is 0 Å². The first-order valence-corrected chi connectivity index (χ1v) is 9.33. The van der Waals surface area contributed by atoms with Crippen molar-refractivity contribution in [3.05, 3.63) is 18.3 Å². The minimum Gasteiger partial charge on any atom is -0.391 e. The van der Waals surface area contributed by atoms with Gasteiger partial charge in [-0.2, -0.15) is 0 Å². The largest absolute Gasteiger partial charge is 0.391 e. The van der Waals surface area contributed by atoms with E-state index in [0.29, 0.717) is 30.7 Å². The Morgan fingerprint density at radius 3 is 2.73 bits per heavy atom. The molecule has 6 nitrogen and oxygen atoms in total. The maximum atomic E-state index is 12.1. The number of hydrogen-bond acceptors (Lipinski definition) is 5. The van der Waals surface area contributed by atoms with Crippen LogP contribution in [0.5, 0.6) is 0 Å². The lowest BCUT2D eigenvalue weighted by molar-refractivity contribution is 0.102. The molecule has 2 heterocycles. The van der Waals surface area contributed by atoms with Crippen LogP contribution in [0.25, 0.3) is 0 Å². The molecule has 0 aromatic carbocycles. The van der Waals surface area contributed by atoms with E-state index in [1.807, 2.05) is 11.8 Å². The molecule has 22 heavy (non-hydrogen) atoms. The molecule has 0 radical (unpaired) electrons. The molecule has 1 aromatic heterocycles. The van der Waals surface area contributed by atoms with Gasteiger partial charge in [0.25, 0.3) is 0 Å². The van der Waals surface area contributed by atoms with Gasteiger partial charge in [-0.3, -0.25) is 0 Å². The predicted octanol–water partition coefficient (Wildman–Crippen LogP) is 0.977. The Morgan fingerprint density at radius 1 is 1.36 bits per heavy atom. The normalized spacial score (nSPS) is 26.2. The fraction of sp³-hybridized carbons (Fsp3) is 0.667. The zero-order valence-electron chi connectivity index (χ0n) is 12.8. The number of hydrogen-bond donors (Lipinski definition) is 2. The zero-order valence-corrected chi connectivity index (χ0v) is 13.6. The van der Waals surface area contributed by atoms with Crippen LogP contribution in [0.2, 0.25) is 0 Å². The average Bonchev–Trinajstić information content (AvgIpc) is 3.33. The van der Waals surface area contributed by atoms with E-state index in [2.05, 4.69) is 9.71 Å². The summed E-state index contributed by atoms with van der Waals surface area (Å²) in [6.07, 6.45) is 4.16. The van der Waals surface area contributed by atoms with E-state index in [0.717, 1.165) is 25.8 Å². The molecule has 0 spiro atoms. The lowest BCUT2D eigenvalue weighted by Crippen LogP contribution is -2.43. The van der Waals surface area contributed by atoms with Crippen LogP contribution in [0.3, 0.4) is 0 Å². The number of anilines is 1. The first-order chi connectivity index (χ1) is 10.5. The van der Waals surface area contributed by atoms with Crippen molar-refractivity contribution in [2.75, 3.05) is 24.5 Å². The molecule has 2 fully saturated rings. The fourth-order valence-corrected chi connectivity index (χ4v) is 3.67.